The van der Waals surface area contributed by atoms with Crippen molar-refractivity contribution in [2.45, 2.75) is 0 Å². The number of hydrogen-bond acceptors (Lipinski definition) is 4. The average molecular weight is 255 g/mol. The topological polar surface area (TPSA) is 66.6 Å². The molecule has 0 fully saturated rings. The number of nitrogens with one attached hydrogen (secondary N) is 2. The number of furan rings is 1. The first-order valence-corrected chi connectivity index (χ1v) is 6.07. The first kappa shape index (κ1) is 11.5. The molecule has 96 valence electrons. The average Bonchev–Trinajstić information content (AvgIpc) is 3.13. The van der Waals surface area contributed by atoms with Crippen molar-refractivity contribution < 1.29 is 9.21 Å². The van der Waals surface area contributed by atoms with Crippen molar-refractivity contribution in [3.63, 3.8) is 0 Å². The number of anilines is 1. The fraction of sp³-hybridized carbons (Fsp3) is 0.143. The van der Waals surface area contributed by atoms with Gasteiger partial charge in [-0.1, -0.05) is 12.1 Å². The number of para-hydroxylation sites is 1. The lowest BCUT2D eigenvalue weighted by Gasteiger charge is -2.10. The quantitative estimate of drug-likeness (QED) is 0.880. The predicted octanol–water partition coefficient (Wildman–Crippen LogP) is 1.88. The van der Waals surface area contributed by atoms with E-state index in [0.717, 1.165) is 30.2 Å². The van der Waals surface area contributed by atoms with E-state index >= 15 is 0 Å². The highest BCUT2D eigenvalue weighted by Crippen LogP contribution is 2.17. The van der Waals surface area contributed by atoms with Crippen LogP contribution in [0, 0.1) is 0 Å². The number of carbonyl (C=O) groups is 1. The Balaban J connectivity index is 1.87. The van der Waals surface area contributed by atoms with E-state index in [1.54, 1.807) is 12.1 Å². The molecule has 0 spiro atoms. The summed E-state index contributed by atoms with van der Waals surface area (Å²) in [7, 11) is 0. The van der Waals surface area contributed by atoms with Gasteiger partial charge in [-0.05, 0) is 24.3 Å². The van der Waals surface area contributed by atoms with Gasteiger partial charge >= 0.3 is 0 Å². The Morgan fingerprint density at radius 1 is 1.26 bits per heavy atom. The summed E-state index contributed by atoms with van der Waals surface area (Å²) in [4.78, 5) is 16.3. The van der Waals surface area contributed by atoms with Crippen LogP contribution in [0.5, 0.6) is 0 Å². The molecular formula is C14H13N3O2. The highest BCUT2D eigenvalue weighted by Gasteiger charge is 2.15. The van der Waals surface area contributed by atoms with E-state index in [4.69, 9.17) is 4.42 Å². The van der Waals surface area contributed by atoms with Crippen molar-refractivity contribution in [1.29, 1.82) is 0 Å². The number of carbonyl (C=O) groups excluding carboxylic acids is 1. The van der Waals surface area contributed by atoms with Gasteiger partial charge in [-0.15, -0.1) is 0 Å². The summed E-state index contributed by atoms with van der Waals surface area (Å²) in [5.41, 5.74) is 1.61. The molecule has 1 amide bonds. The van der Waals surface area contributed by atoms with Gasteiger partial charge in [-0.25, -0.2) is 0 Å². The lowest BCUT2D eigenvalue weighted by molar-refractivity contribution is 0.0996. The summed E-state index contributed by atoms with van der Waals surface area (Å²) in [6.07, 6.45) is 1.48. The van der Waals surface area contributed by atoms with E-state index in [9.17, 15) is 4.79 Å². The molecule has 2 N–H and O–H groups in total. The van der Waals surface area contributed by atoms with Crippen LogP contribution in [0.3, 0.4) is 0 Å². The zero-order valence-electron chi connectivity index (χ0n) is 10.2. The van der Waals surface area contributed by atoms with Crippen molar-refractivity contribution in [3.05, 3.63) is 54.0 Å². The fourth-order valence-electron chi connectivity index (χ4n) is 1.97. The van der Waals surface area contributed by atoms with Crippen LogP contribution in [-0.4, -0.2) is 24.8 Å². The molecule has 0 atom stereocenters. The van der Waals surface area contributed by atoms with Crippen molar-refractivity contribution in [1.82, 2.24) is 5.32 Å². The van der Waals surface area contributed by atoms with Gasteiger partial charge in [0.1, 0.15) is 5.84 Å². The third kappa shape index (κ3) is 2.35. The second-order valence-electron chi connectivity index (χ2n) is 4.13. The summed E-state index contributed by atoms with van der Waals surface area (Å²) in [5.74, 6) is 0.836. The zero-order chi connectivity index (χ0) is 13.1. The molecule has 1 aliphatic heterocycles. The SMILES string of the molecule is O=C(Nc1ccccc1C1=NCCN1)c1ccco1. The van der Waals surface area contributed by atoms with Crippen molar-refractivity contribution in [2.75, 3.05) is 18.4 Å². The molecule has 1 aromatic heterocycles. The maximum absolute atomic E-state index is 12.0. The molecule has 2 aromatic rings. The van der Waals surface area contributed by atoms with Gasteiger partial charge < -0.3 is 15.1 Å². The Bertz CT molecular complexity index is 617. The van der Waals surface area contributed by atoms with Gasteiger partial charge in [0, 0.05) is 12.1 Å². The Morgan fingerprint density at radius 3 is 2.89 bits per heavy atom. The van der Waals surface area contributed by atoms with Crippen molar-refractivity contribution >= 4 is 17.4 Å². The normalized spacial score (nSPS) is 13.8. The summed E-state index contributed by atoms with van der Waals surface area (Å²) in [6.45, 7) is 1.59. The smallest absolute Gasteiger partial charge is 0.291 e. The Labute approximate surface area is 110 Å². The Morgan fingerprint density at radius 2 is 2.16 bits per heavy atom. The van der Waals surface area contributed by atoms with Crippen molar-refractivity contribution in [2.24, 2.45) is 4.99 Å². The fourth-order valence-corrected chi connectivity index (χ4v) is 1.97. The summed E-state index contributed by atoms with van der Waals surface area (Å²) in [6, 6.07) is 10.9. The second kappa shape index (κ2) is 4.97. The Hall–Kier alpha value is -2.56. The number of amidine groups is 1. The minimum absolute atomic E-state index is 0.268. The number of amides is 1. The molecule has 1 aliphatic rings. The second-order valence-corrected chi connectivity index (χ2v) is 4.13. The molecule has 2 heterocycles. The summed E-state index contributed by atoms with van der Waals surface area (Å²) >= 11 is 0. The molecule has 0 radical (unpaired) electrons. The minimum atomic E-state index is -0.268. The van der Waals surface area contributed by atoms with Gasteiger partial charge in [-0.3, -0.25) is 9.79 Å². The molecule has 0 unspecified atom stereocenters. The standard InChI is InChI=1S/C14H13N3O2/c18-14(12-6-3-9-19-12)17-11-5-2-1-4-10(11)13-15-7-8-16-13/h1-6,9H,7-8H2,(H,15,16)(H,17,18). The molecule has 1 aromatic carbocycles. The zero-order valence-corrected chi connectivity index (χ0v) is 10.2. The number of nitrogens with zero attached hydrogens (tertiary/aromatic N) is 1. The van der Waals surface area contributed by atoms with Gasteiger partial charge in [0.25, 0.3) is 5.91 Å². The molecule has 0 aliphatic carbocycles. The Kier molecular flexibility index (Phi) is 3.02. The summed E-state index contributed by atoms with van der Waals surface area (Å²) < 4.78 is 5.07. The van der Waals surface area contributed by atoms with Crippen LogP contribution < -0.4 is 10.6 Å². The lowest BCUT2D eigenvalue weighted by atomic mass is 10.1. The van der Waals surface area contributed by atoms with Crippen LogP contribution >= 0.6 is 0 Å². The third-order valence-corrected chi connectivity index (χ3v) is 2.85. The first-order chi connectivity index (χ1) is 9.34. The molecule has 3 rings (SSSR count). The monoisotopic (exact) mass is 255 g/mol. The van der Waals surface area contributed by atoms with E-state index in [1.165, 1.54) is 6.26 Å². The lowest BCUT2D eigenvalue weighted by Crippen LogP contribution is -2.22. The largest absolute Gasteiger partial charge is 0.459 e. The number of aliphatic imine (C=N–C) groups is 1. The van der Waals surface area contributed by atoms with E-state index in [1.807, 2.05) is 24.3 Å². The van der Waals surface area contributed by atoms with E-state index in [0.29, 0.717) is 0 Å². The third-order valence-electron chi connectivity index (χ3n) is 2.85. The van der Waals surface area contributed by atoms with Crippen LogP contribution in [-0.2, 0) is 0 Å². The molecular weight excluding hydrogens is 242 g/mol. The maximum Gasteiger partial charge on any atom is 0.291 e. The maximum atomic E-state index is 12.0. The van der Waals surface area contributed by atoms with E-state index in [2.05, 4.69) is 15.6 Å². The van der Waals surface area contributed by atoms with Gasteiger partial charge in [0.2, 0.25) is 0 Å². The summed E-state index contributed by atoms with van der Waals surface area (Å²) in [5, 5.41) is 6.03. The number of hydrogen-bond donors (Lipinski definition) is 2. The van der Waals surface area contributed by atoms with Gasteiger partial charge in [-0.2, -0.15) is 0 Å². The van der Waals surface area contributed by atoms with Crippen LogP contribution in [0.2, 0.25) is 0 Å². The van der Waals surface area contributed by atoms with Crippen molar-refractivity contribution in [3.8, 4) is 0 Å². The molecule has 0 saturated heterocycles. The predicted molar refractivity (Wildman–Crippen MR) is 72.5 cm³/mol. The van der Waals surface area contributed by atoms with E-state index < -0.39 is 0 Å². The first-order valence-electron chi connectivity index (χ1n) is 6.07. The van der Waals surface area contributed by atoms with Crippen LogP contribution in [0.25, 0.3) is 0 Å². The highest BCUT2D eigenvalue weighted by atomic mass is 16.3. The number of benzene rings is 1. The molecule has 0 bridgehead atoms. The van der Waals surface area contributed by atoms with E-state index in [-0.39, 0.29) is 11.7 Å². The van der Waals surface area contributed by atoms with Crippen LogP contribution in [0.1, 0.15) is 16.1 Å². The number of rotatable bonds is 3. The molecule has 5 nitrogen and oxygen atoms in total. The molecule has 19 heavy (non-hydrogen) atoms. The van der Waals surface area contributed by atoms with Crippen LogP contribution in [0.15, 0.2) is 52.1 Å². The molecule has 0 saturated carbocycles. The van der Waals surface area contributed by atoms with Gasteiger partial charge in [0.05, 0.1) is 18.5 Å². The van der Waals surface area contributed by atoms with Crippen LogP contribution in [0.4, 0.5) is 5.69 Å². The van der Waals surface area contributed by atoms with Gasteiger partial charge in [0.15, 0.2) is 5.76 Å². The highest BCUT2D eigenvalue weighted by molar-refractivity contribution is 6.09. The minimum Gasteiger partial charge on any atom is -0.459 e. The molecule has 5 heteroatoms.